The summed E-state index contributed by atoms with van der Waals surface area (Å²) in [6.07, 6.45) is 0. The second-order valence-corrected chi connectivity index (χ2v) is 3.34. The van der Waals surface area contributed by atoms with Crippen LogP contribution in [0.3, 0.4) is 0 Å². The van der Waals surface area contributed by atoms with Crippen molar-refractivity contribution in [3.63, 3.8) is 0 Å². The minimum atomic E-state index is -1.06. The number of carboxylic acid groups (broad SMARTS) is 1. The Labute approximate surface area is 89.3 Å². The summed E-state index contributed by atoms with van der Waals surface area (Å²) in [7, 11) is 0. The van der Waals surface area contributed by atoms with Crippen LogP contribution < -0.4 is 4.74 Å². The summed E-state index contributed by atoms with van der Waals surface area (Å²) in [4.78, 5) is 10.8. The lowest BCUT2D eigenvalue weighted by Gasteiger charge is -2.08. The van der Waals surface area contributed by atoms with Crippen LogP contribution in [0.25, 0.3) is 0 Å². The Balaban J connectivity index is 3.02. The molecule has 0 amide bonds. The minimum Gasteiger partial charge on any atom is -0.490 e. The van der Waals surface area contributed by atoms with Crippen molar-refractivity contribution in [1.29, 1.82) is 0 Å². The molecule has 1 aromatic rings. The molecule has 0 aliphatic carbocycles. The van der Waals surface area contributed by atoms with Crippen LogP contribution in [0.2, 0.25) is 0 Å². The molecule has 0 spiro atoms. The maximum atomic E-state index is 10.8. The first-order valence-corrected chi connectivity index (χ1v) is 4.71. The van der Waals surface area contributed by atoms with Gasteiger partial charge in [-0.25, -0.2) is 4.79 Å². The number of aliphatic hydroxyl groups is 1. The molecule has 1 rings (SSSR count). The third kappa shape index (κ3) is 2.46. The molecular formula is C9H9BrO4. The maximum absolute atomic E-state index is 10.8. The van der Waals surface area contributed by atoms with Gasteiger partial charge in [0.2, 0.25) is 0 Å². The molecule has 0 bridgehead atoms. The lowest BCUT2D eigenvalue weighted by atomic mass is 10.2. The van der Waals surface area contributed by atoms with Gasteiger partial charge in [-0.1, -0.05) is 6.07 Å². The average molecular weight is 261 g/mol. The number of benzene rings is 1. The van der Waals surface area contributed by atoms with E-state index in [1.165, 1.54) is 0 Å². The second kappa shape index (κ2) is 4.97. The van der Waals surface area contributed by atoms with E-state index in [2.05, 4.69) is 15.9 Å². The number of ether oxygens (including phenoxy) is 1. The van der Waals surface area contributed by atoms with Gasteiger partial charge in [0.15, 0.2) is 0 Å². The molecule has 0 radical (unpaired) electrons. The van der Waals surface area contributed by atoms with Crippen molar-refractivity contribution < 1.29 is 19.7 Å². The first-order chi connectivity index (χ1) is 6.66. The topological polar surface area (TPSA) is 66.8 Å². The van der Waals surface area contributed by atoms with E-state index in [-0.39, 0.29) is 24.5 Å². The summed E-state index contributed by atoms with van der Waals surface area (Å²) in [5.74, 6) is -0.814. The van der Waals surface area contributed by atoms with Crippen molar-refractivity contribution in [3.8, 4) is 5.75 Å². The molecule has 0 atom stereocenters. The highest BCUT2D eigenvalue weighted by Crippen LogP contribution is 2.26. The zero-order valence-corrected chi connectivity index (χ0v) is 8.82. The van der Waals surface area contributed by atoms with Crippen LogP contribution in [-0.4, -0.2) is 29.4 Å². The van der Waals surface area contributed by atoms with E-state index < -0.39 is 5.97 Å². The quantitative estimate of drug-likeness (QED) is 0.862. The third-order valence-corrected chi connectivity index (χ3v) is 2.20. The first kappa shape index (κ1) is 11.0. The number of hydrogen-bond acceptors (Lipinski definition) is 3. The van der Waals surface area contributed by atoms with Gasteiger partial charge in [0.25, 0.3) is 0 Å². The Kier molecular flexibility index (Phi) is 3.91. The van der Waals surface area contributed by atoms with Crippen molar-refractivity contribution >= 4 is 21.9 Å². The first-order valence-electron chi connectivity index (χ1n) is 3.92. The normalized spacial score (nSPS) is 9.86. The molecule has 0 unspecified atom stereocenters. The number of hydrogen-bond donors (Lipinski definition) is 2. The molecule has 2 N–H and O–H groups in total. The number of carbonyl (C=O) groups is 1. The average Bonchev–Trinajstić information content (AvgIpc) is 2.14. The highest BCUT2D eigenvalue weighted by molar-refractivity contribution is 9.10. The molecule has 4 nitrogen and oxygen atoms in total. The molecule has 0 heterocycles. The highest BCUT2D eigenvalue weighted by atomic mass is 79.9. The van der Waals surface area contributed by atoms with Gasteiger partial charge in [0.05, 0.1) is 6.61 Å². The van der Waals surface area contributed by atoms with Crippen molar-refractivity contribution in [1.82, 2.24) is 0 Å². The molecule has 1 aromatic carbocycles. The Morgan fingerprint density at radius 2 is 2.21 bits per heavy atom. The third-order valence-electron chi connectivity index (χ3n) is 1.54. The van der Waals surface area contributed by atoms with E-state index in [0.29, 0.717) is 4.47 Å². The Morgan fingerprint density at radius 1 is 1.50 bits per heavy atom. The summed E-state index contributed by atoms with van der Waals surface area (Å²) in [6, 6.07) is 4.84. The van der Waals surface area contributed by atoms with Gasteiger partial charge in [-0.05, 0) is 28.1 Å². The van der Waals surface area contributed by atoms with Gasteiger partial charge in [0.1, 0.15) is 17.9 Å². The molecule has 0 aromatic heterocycles. The smallest absolute Gasteiger partial charge is 0.340 e. The number of halogens is 1. The van der Waals surface area contributed by atoms with Gasteiger partial charge in [-0.15, -0.1) is 0 Å². The van der Waals surface area contributed by atoms with Crippen LogP contribution in [0.15, 0.2) is 22.7 Å². The maximum Gasteiger partial charge on any atom is 0.340 e. The van der Waals surface area contributed by atoms with Crippen molar-refractivity contribution in [2.75, 3.05) is 13.2 Å². The molecular weight excluding hydrogens is 252 g/mol. The summed E-state index contributed by atoms with van der Waals surface area (Å²) < 4.78 is 5.53. The predicted octanol–water partition coefficient (Wildman–Crippen LogP) is 1.52. The number of aliphatic hydroxyl groups excluding tert-OH is 1. The lowest BCUT2D eigenvalue weighted by molar-refractivity contribution is 0.0689. The van der Waals surface area contributed by atoms with Crippen LogP contribution in [-0.2, 0) is 0 Å². The summed E-state index contributed by atoms with van der Waals surface area (Å²) >= 11 is 3.12. The number of rotatable bonds is 4. The minimum absolute atomic E-state index is 0.0703. The van der Waals surface area contributed by atoms with Crippen molar-refractivity contribution in [2.24, 2.45) is 0 Å². The van der Waals surface area contributed by atoms with Gasteiger partial charge in [-0.3, -0.25) is 0 Å². The molecule has 0 saturated carbocycles. The largest absolute Gasteiger partial charge is 0.490 e. The molecule has 0 saturated heterocycles. The van der Waals surface area contributed by atoms with Crippen molar-refractivity contribution in [2.45, 2.75) is 0 Å². The fourth-order valence-electron chi connectivity index (χ4n) is 0.988. The predicted molar refractivity (Wildman–Crippen MR) is 53.7 cm³/mol. The fourth-order valence-corrected chi connectivity index (χ4v) is 1.51. The van der Waals surface area contributed by atoms with Crippen molar-refractivity contribution in [3.05, 3.63) is 28.2 Å². The molecule has 0 aliphatic rings. The van der Waals surface area contributed by atoms with Crippen LogP contribution >= 0.6 is 15.9 Å². The monoisotopic (exact) mass is 260 g/mol. The Bertz CT molecular complexity index is 338. The van der Waals surface area contributed by atoms with E-state index in [9.17, 15) is 4.79 Å². The molecule has 0 fully saturated rings. The van der Waals surface area contributed by atoms with E-state index >= 15 is 0 Å². The van der Waals surface area contributed by atoms with Gasteiger partial charge < -0.3 is 14.9 Å². The standard InChI is InChI=1S/C9H9BrO4/c10-6-2-1-3-7(14-5-4-11)8(6)9(12)13/h1-3,11H,4-5H2,(H,12,13). The second-order valence-electron chi connectivity index (χ2n) is 2.49. The summed E-state index contributed by atoms with van der Waals surface area (Å²) in [5.41, 5.74) is 0.0703. The summed E-state index contributed by atoms with van der Waals surface area (Å²) in [5, 5.41) is 17.4. The SMILES string of the molecule is O=C(O)c1c(Br)cccc1OCCO. The lowest BCUT2D eigenvalue weighted by Crippen LogP contribution is -2.07. The Morgan fingerprint density at radius 3 is 2.79 bits per heavy atom. The van der Waals surface area contributed by atoms with Crippen LogP contribution in [0.4, 0.5) is 0 Å². The zero-order chi connectivity index (χ0) is 10.6. The van der Waals surface area contributed by atoms with E-state index in [1.807, 2.05) is 0 Å². The summed E-state index contributed by atoms with van der Waals surface area (Å²) in [6.45, 7) is -0.0672. The molecule has 76 valence electrons. The Hall–Kier alpha value is -1.07. The van der Waals surface area contributed by atoms with Crippen LogP contribution in [0, 0.1) is 0 Å². The van der Waals surface area contributed by atoms with E-state index in [0.717, 1.165) is 0 Å². The highest BCUT2D eigenvalue weighted by Gasteiger charge is 2.14. The van der Waals surface area contributed by atoms with Crippen LogP contribution in [0.5, 0.6) is 5.75 Å². The number of aromatic carboxylic acids is 1. The van der Waals surface area contributed by atoms with Gasteiger partial charge in [-0.2, -0.15) is 0 Å². The van der Waals surface area contributed by atoms with Gasteiger partial charge >= 0.3 is 5.97 Å². The molecule has 5 heteroatoms. The fraction of sp³-hybridized carbons (Fsp3) is 0.222. The van der Waals surface area contributed by atoms with E-state index in [1.54, 1.807) is 18.2 Å². The van der Waals surface area contributed by atoms with E-state index in [4.69, 9.17) is 14.9 Å². The molecule has 14 heavy (non-hydrogen) atoms. The number of carboxylic acids is 1. The van der Waals surface area contributed by atoms with Gasteiger partial charge in [0, 0.05) is 4.47 Å². The zero-order valence-electron chi connectivity index (χ0n) is 7.24. The van der Waals surface area contributed by atoms with Crippen LogP contribution in [0.1, 0.15) is 10.4 Å². The molecule has 0 aliphatic heterocycles.